The van der Waals surface area contributed by atoms with Gasteiger partial charge in [0, 0.05) is 34.4 Å². The van der Waals surface area contributed by atoms with Crippen LogP contribution in [0.25, 0.3) is 10.9 Å². The molecule has 5 nitrogen and oxygen atoms in total. The number of esters is 1. The van der Waals surface area contributed by atoms with Gasteiger partial charge >= 0.3 is 5.97 Å². The predicted molar refractivity (Wildman–Crippen MR) is 109 cm³/mol. The van der Waals surface area contributed by atoms with E-state index in [4.69, 9.17) is 23.8 Å². The van der Waals surface area contributed by atoms with Gasteiger partial charge in [-0.25, -0.2) is 4.79 Å². The van der Waals surface area contributed by atoms with E-state index in [-0.39, 0.29) is 5.97 Å². The molecule has 0 atom stereocenters. The normalized spacial score (nSPS) is 10.5. The fourth-order valence-corrected chi connectivity index (χ4v) is 3.04. The van der Waals surface area contributed by atoms with Crippen molar-refractivity contribution in [3.8, 4) is 0 Å². The molecule has 0 bridgehead atoms. The van der Waals surface area contributed by atoms with Gasteiger partial charge in [0.05, 0.1) is 12.7 Å². The predicted octanol–water partition coefficient (Wildman–Crippen LogP) is 4.14. The first-order valence-corrected chi connectivity index (χ1v) is 8.84. The molecule has 134 valence electrons. The number of fused-ring (bicyclic) bond motifs is 1. The van der Waals surface area contributed by atoms with Gasteiger partial charge in [0.1, 0.15) is 0 Å². The van der Waals surface area contributed by atoms with E-state index in [1.807, 2.05) is 24.4 Å². The summed E-state index contributed by atoms with van der Waals surface area (Å²) < 4.78 is 4.68. The Morgan fingerprint density at radius 3 is 2.73 bits per heavy atom. The first kappa shape index (κ1) is 18.2. The highest BCUT2D eigenvalue weighted by Crippen LogP contribution is 2.22. The number of aromatic nitrogens is 1. The van der Waals surface area contributed by atoms with E-state index >= 15 is 0 Å². The van der Waals surface area contributed by atoms with Crippen LogP contribution in [0, 0.1) is 0 Å². The van der Waals surface area contributed by atoms with Crippen molar-refractivity contribution in [2.45, 2.75) is 6.42 Å². The van der Waals surface area contributed by atoms with E-state index in [1.165, 1.54) is 12.7 Å². The monoisotopic (exact) mass is 387 g/mol. The zero-order valence-electron chi connectivity index (χ0n) is 14.1. The number of carbonyl (C=O) groups excluding carboxylic acids is 1. The van der Waals surface area contributed by atoms with Gasteiger partial charge in [0.15, 0.2) is 5.11 Å². The second-order valence-electron chi connectivity index (χ2n) is 5.70. The second-order valence-corrected chi connectivity index (χ2v) is 6.55. The third-order valence-electron chi connectivity index (χ3n) is 3.97. The molecule has 3 aromatic rings. The molecule has 1 heterocycles. The number of halogens is 1. The highest BCUT2D eigenvalue weighted by molar-refractivity contribution is 7.80. The number of thiocarbonyl (C=S) groups is 1. The molecule has 3 N–H and O–H groups in total. The number of ether oxygens (including phenoxy) is 1. The number of benzene rings is 2. The van der Waals surface area contributed by atoms with E-state index in [1.54, 1.807) is 24.3 Å². The summed E-state index contributed by atoms with van der Waals surface area (Å²) >= 11 is 11.4. The fraction of sp³-hybridized carbons (Fsp3) is 0.158. The summed E-state index contributed by atoms with van der Waals surface area (Å²) in [5, 5.41) is 8.64. The average Bonchev–Trinajstić information content (AvgIpc) is 3.04. The molecule has 0 unspecified atom stereocenters. The number of hydrogen-bond donors (Lipinski definition) is 3. The van der Waals surface area contributed by atoms with E-state index in [0.29, 0.717) is 17.2 Å². The minimum absolute atomic E-state index is 0.365. The SMILES string of the molecule is COC(=O)c1ccc(NC(=S)NCCc2c[nH]c3ccc(Cl)cc23)cc1. The van der Waals surface area contributed by atoms with Crippen LogP contribution < -0.4 is 10.6 Å². The van der Waals surface area contributed by atoms with Crippen molar-refractivity contribution in [2.24, 2.45) is 0 Å². The molecule has 7 heteroatoms. The fourth-order valence-electron chi connectivity index (χ4n) is 2.65. The van der Waals surface area contributed by atoms with Crippen molar-refractivity contribution >= 4 is 51.5 Å². The van der Waals surface area contributed by atoms with Crippen molar-refractivity contribution in [1.29, 1.82) is 0 Å². The van der Waals surface area contributed by atoms with E-state index in [2.05, 4.69) is 20.4 Å². The van der Waals surface area contributed by atoms with Gasteiger partial charge in [0.25, 0.3) is 0 Å². The number of methoxy groups -OCH3 is 1. The molecule has 2 aromatic carbocycles. The molecule has 0 spiro atoms. The summed E-state index contributed by atoms with van der Waals surface area (Å²) in [5.74, 6) is -0.365. The van der Waals surface area contributed by atoms with Crippen LogP contribution in [-0.2, 0) is 11.2 Å². The van der Waals surface area contributed by atoms with Crippen LogP contribution in [0.5, 0.6) is 0 Å². The summed E-state index contributed by atoms with van der Waals surface area (Å²) in [4.78, 5) is 14.7. The summed E-state index contributed by atoms with van der Waals surface area (Å²) in [6.07, 6.45) is 2.80. The van der Waals surface area contributed by atoms with Crippen molar-refractivity contribution in [3.63, 3.8) is 0 Å². The van der Waals surface area contributed by atoms with Gasteiger partial charge in [-0.2, -0.15) is 0 Å². The smallest absolute Gasteiger partial charge is 0.337 e. The molecule has 0 radical (unpaired) electrons. The van der Waals surface area contributed by atoms with Crippen molar-refractivity contribution in [2.75, 3.05) is 19.0 Å². The Morgan fingerprint density at radius 1 is 1.23 bits per heavy atom. The highest BCUT2D eigenvalue weighted by atomic mass is 35.5. The quantitative estimate of drug-likeness (QED) is 0.453. The lowest BCUT2D eigenvalue weighted by atomic mass is 10.1. The van der Waals surface area contributed by atoms with Crippen LogP contribution in [0.4, 0.5) is 5.69 Å². The number of H-pyrrole nitrogens is 1. The van der Waals surface area contributed by atoms with E-state index < -0.39 is 0 Å². The summed E-state index contributed by atoms with van der Waals surface area (Å²) in [6.45, 7) is 0.686. The first-order valence-electron chi connectivity index (χ1n) is 8.05. The minimum atomic E-state index is -0.365. The molecule has 3 rings (SSSR count). The van der Waals surface area contributed by atoms with E-state index in [9.17, 15) is 4.79 Å². The van der Waals surface area contributed by atoms with Crippen molar-refractivity contribution in [3.05, 3.63) is 64.8 Å². The van der Waals surface area contributed by atoms with Crippen molar-refractivity contribution < 1.29 is 9.53 Å². The molecule has 0 fully saturated rings. The summed E-state index contributed by atoms with van der Waals surface area (Å²) in [5.41, 5.74) is 3.54. The first-order chi connectivity index (χ1) is 12.6. The molecule has 0 amide bonds. The molecule has 0 aliphatic carbocycles. The average molecular weight is 388 g/mol. The maximum atomic E-state index is 11.4. The lowest BCUT2D eigenvalue weighted by Crippen LogP contribution is -2.30. The molecule has 0 aliphatic rings. The maximum Gasteiger partial charge on any atom is 0.337 e. The maximum absolute atomic E-state index is 11.4. The number of hydrogen-bond acceptors (Lipinski definition) is 3. The molecule has 0 aliphatic heterocycles. The Labute approximate surface area is 161 Å². The molecular formula is C19H18ClN3O2S. The summed E-state index contributed by atoms with van der Waals surface area (Å²) in [7, 11) is 1.36. The van der Waals surface area contributed by atoms with Gasteiger partial charge in [-0.05, 0) is 66.7 Å². The zero-order chi connectivity index (χ0) is 18.5. The standard InChI is InChI=1S/C19H18ClN3O2S/c1-25-18(24)12-2-5-15(6-3-12)23-19(26)21-9-8-13-11-22-17-7-4-14(20)10-16(13)17/h2-7,10-11,22H,8-9H2,1H3,(H2,21,23,26). The number of anilines is 1. The van der Waals surface area contributed by atoms with E-state index in [0.717, 1.165) is 28.0 Å². The van der Waals surface area contributed by atoms with Crippen LogP contribution in [-0.4, -0.2) is 29.7 Å². The minimum Gasteiger partial charge on any atom is -0.465 e. The Balaban J connectivity index is 1.52. The molecule has 0 saturated carbocycles. The van der Waals surface area contributed by atoms with Crippen molar-refractivity contribution in [1.82, 2.24) is 10.3 Å². The second kappa shape index (κ2) is 8.21. The van der Waals surface area contributed by atoms with Crippen LogP contribution in [0.15, 0.2) is 48.7 Å². The number of carbonyl (C=O) groups is 1. The Bertz CT molecular complexity index is 938. The topological polar surface area (TPSA) is 66.2 Å². The lowest BCUT2D eigenvalue weighted by molar-refractivity contribution is 0.0601. The van der Waals surface area contributed by atoms with Gasteiger partial charge in [0.2, 0.25) is 0 Å². The third-order valence-corrected chi connectivity index (χ3v) is 4.45. The van der Waals surface area contributed by atoms with Gasteiger partial charge in [-0.1, -0.05) is 11.6 Å². The van der Waals surface area contributed by atoms with Crippen LogP contribution in [0.2, 0.25) is 5.02 Å². The Hall–Kier alpha value is -2.57. The number of aromatic amines is 1. The Morgan fingerprint density at radius 2 is 2.00 bits per heavy atom. The molecule has 26 heavy (non-hydrogen) atoms. The van der Waals surface area contributed by atoms with Gasteiger partial charge in [-0.3, -0.25) is 0 Å². The molecular weight excluding hydrogens is 370 g/mol. The largest absolute Gasteiger partial charge is 0.465 e. The van der Waals surface area contributed by atoms with Gasteiger partial charge in [-0.15, -0.1) is 0 Å². The van der Waals surface area contributed by atoms with Crippen LogP contribution >= 0.6 is 23.8 Å². The lowest BCUT2D eigenvalue weighted by Gasteiger charge is -2.10. The Kier molecular flexibility index (Phi) is 5.75. The molecule has 0 saturated heterocycles. The van der Waals surface area contributed by atoms with Crippen LogP contribution in [0.3, 0.4) is 0 Å². The molecule has 1 aromatic heterocycles. The highest BCUT2D eigenvalue weighted by Gasteiger charge is 2.06. The number of nitrogens with one attached hydrogen (secondary N) is 3. The van der Waals surface area contributed by atoms with Gasteiger partial charge < -0.3 is 20.4 Å². The number of rotatable bonds is 5. The third kappa shape index (κ3) is 4.33. The van der Waals surface area contributed by atoms with Crippen LogP contribution in [0.1, 0.15) is 15.9 Å². The zero-order valence-corrected chi connectivity index (χ0v) is 15.7. The summed E-state index contributed by atoms with van der Waals surface area (Å²) in [6, 6.07) is 12.7.